The van der Waals surface area contributed by atoms with Crippen LogP contribution in [0.1, 0.15) is 6.92 Å². The maximum absolute atomic E-state index is 4.10. The van der Waals surface area contributed by atoms with E-state index in [0.717, 1.165) is 16.5 Å². The Morgan fingerprint density at radius 3 is 2.71 bits per heavy atom. The van der Waals surface area contributed by atoms with Gasteiger partial charge in [0, 0.05) is 4.91 Å². The van der Waals surface area contributed by atoms with Gasteiger partial charge in [0.2, 0.25) is 0 Å². The Morgan fingerprint density at radius 1 is 1.86 bits per heavy atom. The van der Waals surface area contributed by atoms with Crippen molar-refractivity contribution in [3.63, 3.8) is 0 Å². The van der Waals surface area contributed by atoms with Crippen molar-refractivity contribution in [2.24, 2.45) is 4.99 Å². The molecule has 0 aromatic heterocycles. The maximum atomic E-state index is 4.10. The minimum atomic E-state index is 0.830. The zero-order valence-corrected chi connectivity index (χ0v) is 5.09. The van der Waals surface area contributed by atoms with E-state index in [-0.39, 0.29) is 0 Å². The van der Waals surface area contributed by atoms with Gasteiger partial charge in [0.15, 0.2) is 0 Å². The Bertz CT molecular complexity index is 126. The predicted molar refractivity (Wildman–Crippen MR) is 34.7 cm³/mol. The minimum Gasteiger partial charge on any atom is -0.278 e. The standard InChI is InChI=1S/C5H7NS/c1-4-3-6-5(2)7-4/h1,3H2,2H3. The summed E-state index contributed by atoms with van der Waals surface area (Å²) in [6.45, 7) is 6.59. The fourth-order valence-corrected chi connectivity index (χ4v) is 1.15. The van der Waals surface area contributed by atoms with Crippen LogP contribution in [0.2, 0.25) is 0 Å². The molecule has 0 N–H and O–H groups in total. The average molecular weight is 113 g/mol. The molecular formula is C5H7NS. The van der Waals surface area contributed by atoms with Crippen LogP contribution in [0.5, 0.6) is 0 Å². The van der Waals surface area contributed by atoms with Crippen LogP contribution in [0.15, 0.2) is 16.5 Å². The monoisotopic (exact) mass is 113 g/mol. The van der Waals surface area contributed by atoms with Gasteiger partial charge in [-0.15, -0.1) is 0 Å². The van der Waals surface area contributed by atoms with Gasteiger partial charge in [0.1, 0.15) is 0 Å². The van der Waals surface area contributed by atoms with Gasteiger partial charge in [-0.25, -0.2) is 0 Å². The molecule has 0 aromatic rings. The summed E-state index contributed by atoms with van der Waals surface area (Å²) < 4.78 is 0. The minimum absolute atomic E-state index is 0.830. The molecule has 1 heterocycles. The Morgan fingerprint density at radius 2 is 2.57 bits per heavy atom. The van der Waals surface area contributed by atoms with Crippen molar-refractivity contribution in [1.29, 1.82) is 0 Å². The summed E-state index contributed by atoms with van der Waals surface area (Å²) in [7, 11) is 0. The second-order valence-corrected chi connectivity index (χ2v) is 2.85. The summed E-state index contributed by atoms with van der Waals surface area (Å²) in [5.41, 5.74) is 0. The Balaban J connectivity index is 2.58. The van der Waals surface area contributed by atoms with Crippen molar-refractivity contribution < 1.29 is 0 Å². The van der Waals surface area contributed by atoms with Crippen molar-refractivity contribution >= 4 is 16.8 Å². The third-order valence-electron chi connectivity index (χ3n) is 0.770. The molecule has 0 saturated heterocycles. The quantitative estimate of drug-likeness (QED) is 0.465. The Labute approximate surface area is 47.5 Å². The molecule has 0 unspecified atom stereocenters. The highest BCUT2D eigenvalue weighted by Gasteiger charge is 2.03. The van der Waals surface area contributed by atoms with Crippen LogP contribution in [0.25, 0.3) is 0 Å². The maximum Gasteiger partial charge on any atom is 0.0706 e. The largest absolute Gasteiger partial charge is 0.278 e. The summed E-state index contributed by atoms with van der Waals surface area (Å²) in [6.07, 6.45) is 0. The molecule has 0 aliphatic carbocycles. The first-order chi connectivity index (χ1) is 3.29. The summed E-state index contributed by atoms with van der Waals surface area (Å²) in [5.74, 6) is 0. The number of nitrogens with zero attached hydrogens (tertiary/aromatic N) is 1. The van der Waals surface area contributed by atoms with E-state index in [1.54, 1.807) is 11.8 Å². The molecule has 7 heavy (non-hydrogen) atoms. The highest BCUT2D eigenvalue weighted by atomic mass is 32.2. The molecule has 38 valence electrons. The molecule has 1 nitrogen and oxygen atoms in total. The van der Waals surface area contributed by atoms with Gasteiger partial charge in [0.05, 0.1) is 11.6 Å². The topological polar surface area (TPSA) is 12.4 Å². The predicted octanol–water partition coefficient (Wildman–Crippen LogP) is 1.67. The van der Waals surface area contributed by atoms with E-state index in [1.807, 2.05) is 6.92 Å². The van der Waals surface area contributed by atoms with E-state index < -0.39 is 0 Å². The molecule has 0 bridgehead atoms. The average Bonchev–Trinajstić information content (AvgIpc) is 1.87. The third-order valence-corrected chi connectivity index (χ3v) is 1.61. The molecule has 2 heteroatoms. The van der Waals surface area contributed by atoms with Gasteiger partial charge < -0.3 is 0 Å². The van der Waals surface area contributed by atoms with Crippen LogP contribution >= 0.6 is 11.8 Å². The summed E-state index contributed by atoms with van der Waals surface area (Å²) in [4.78, 5) is 5.26. The van der Waals surface area contributed by atoms with Gasteiger partial charge in [0.25, 0.3) is 0 Å². The molecule has 0 saturated carbocycles. The van der Waals surface area contributed by atoms with E-state index in [4.69, 9.17) is 0 Å². The molecule has 0 radical (unpaired) electrons. The van der Waals surface area contributed by atoms with Crippen molar-refractivity contribution in [1.82, 2.24) is 0 Å². The smallest absolute Gasteiger partial charge is 0.0706 e. The SMILES string of the molecule is C=C1CN=C(C)S1. The lowest BCUT2D eigenvalue weighted by Crippen LogP contribution is -1.68. The molecule has 0 atom stereocenters. The van der Waals surface area contributed by atoms with Crippen LogP contribution < -0.4 is 0 Å². The summed E-state index contributed by atoms with van der Waals surface area (Å²) >= 11 is 1.68. The first-order valence-electron chi connectivity index (χ1n) is 2.16. The molecule has 1 aliphatic rings. The first kappa shape index (κ1) is 4.91. The molecule has 0 aromatic carbocycles. The van der Waals surface area contributed by atoms with Crippen molar-refractivity contribution in [3.05, 3.63) is 11.5 Å². The number of thioether (sulfide) groups is 1. The number of rotatable bonds is 0. The zero-order valence-electron chi connectivity index (χ0n) is 4.27. The molecule has 1 rings (SSSR count). The van der Waals surface area contributed by atoms with Crippen LogP contribution in [0, 0.1) is 0 Å². The molecule has 0 spiro atoms. The summed E-state index contributed by atoms with van der Waals surface area (Å²) in [5, 5.41) is 1.14. The van der Waals surface area contributed by atoms with E-state index in [9.17, 15) is 0 Å². The van der Waals surface area contributed by atoms with E-state index >= 15 is 0 Å². The van der Waals surface area contributed by atoms with E-state index in [1.165, 1.54) is 0 Å². The molecule has 0 fully saturated rings. The second-order valence-electron chi connectivity index (χ2n) is 1.48. The summed E-state index contributed by atoms with van der Waals surface area (Å²) in [6, 6.07) is 0. The van der Waals surface area contributed by atoms with Gasteiger partial charge >= 0.3 is 0 Å². The molecule has 0 amide bonds. The number of hydrogen-bond donors (Lipinski definition) is 0. The van der Waals surface area contributed by atoms with E-state index in [2.05, 4.69) is 11.6 Å². The fraction of sp³-hybridized carbons (Fsp3) is 0.400. The highest BCUT2D eigenvalue weighted by Crippen LogP contribution is 2.21. The zero-order chi connectivity index (χ0) is 5.28. The highest BCUT2D eigenvalue weighted by molar-refractivity contribution is 8.17. The van der Waals surface area contributed by atoms with Crippen molar-refractivity contribution in [2.75, 3.05) is 6.54 Å². The van der Waals surface area contributed by atoms with Crippen molar-refractivity contribution in [3.8, 4) is 0 Å². The number of hydrogen-bond acceptors (Lipinski definition) is 2. The van der Waals surface area contributed by atoms with Crippen LogP contribution in [-0.2, 0) is 0 Å². The van der Waals surface area contributed by atoms with Gasteiger partial charge in [-0.2, -0.15) is 0 Å². The van der Waals surface area contributed by atoms with Crippen LogP contribution in [0.3, 0.4) is 0 Å². The van der Waals surface area contributed by atoms with Gasteiger partial charge in [-0.05, 0) is 6.92 Å². The van der Waals surface area contributed by atoms with Crippen LogP contribution in [0.4, 0.5) is 0 Å². The third kappa shape index (κ3) is 1.06. The lowest BCUT2D eigenvalue weighted by molar-refractivity contribution is 1.26. The second kappa shape index (κ2) is 1.70. The fourth-order valence-electron chi connectivity index (χ4n) is 0.473. The lowest BCUT2D eigenvalue weighted by atomic mass is 10.6. The molecule has 1 aliphatic heterocycles. The first-order valence-corrected chi connectivity index (χ1v) is 2.97. The van der Waals surface area contributed by atoms with Crippen LogP contribution in [-0.4, -0.2) is 11.6 Å². The molecular weight excluding hydrogens is 106 g/mol. The van der Waals surface area contributed by atoms with Gasteiger partial charge in [-0.1, -0.05) is 18.3 Å². The van der Waals surface area contributed by atoms with Crippen molar-refractivity contribution in [2.45, 2.75) is 6.92 Å². The normalized spacial score (nSPS) is 20.1. The Hall–Kier alpha value is -0.240. The Kier molecular flexibility index (Phi) is 1.19. The van der Waals surface area contributed by atoms with Gasteiger partial charge in [-0.3, -0.25) is 4.99 Å². The number of aliphatic imine (C=N–C) groups is 1. The lowest BCUT2D eigenvalue weighted by Gasteiger charge is -1.82. The van der Waals surface area contributed by atoms with E-state index in [0.29, 0.717) is 0 Å².